The molecule has 0 fully saturated rings. The van der Waals surface area contributed by atoms with Gasteiger partial charge in [0.2, 0.25) is 0 Å². The first-order valence-corrected chi connectivity index (χ1v) is 7.32. The van der Waals surface area contributed by atoms with Crippen LogP contribution in [0.4, 0.5) is 5.69 Å². The minimum absolute atomic E-state index is 0.248. The van der Waals surface area contributed by atoms with Crippen molar-refractivity contribution in [3.63, 3.8) is 0 Å². The van der Waals surface area contributed by atoms with E-state index in [1.807, 2.05) is 12.4 Å². The average molecular weight is 266 g/mol. The second-order valence-electron chi connectivity index (χ2n) is 6.52. The van der Waals surface area contributed by atoms with Gasteiger partial charge in [0.1, 0.15) is 0 Å². The molecule has 0 radical (unpaired) electrons. The number of hydrogen-bond acceptors (Lipinski definition) is 2. The lowest BCUT2D eigenvalue weighted by Crippen LogP contribution is -2.33. The summed E-state index contributed by atoms with van der Waals surface area (Å²) in [6.07, 6.45) is 6.19. The Balaban J connectivity index is 1.97. The Morgan fingerprint density at radius 1 is 1.20 bits per heavy atom. The Morgan fingerprint density at radius 2 is 2.00 bits per heavy atom. The normalized spacial score (nSPS) is 20.2. The van der Waals surface area contributed by atoms with Gasteiger partial charge in [0.05, 0.1) is 11.7 Å². The van der Waals surface area contributed by atoms with E-state index in [1.54, 1.807) is 0 Å². The molecule has 0 saturated carbocycles. The lowest BCUT2D eigenvalue weighted by Gasteiger charge is -2.41. The third-order valence-corrected chi connectivity index (χ3v) is 4.37. The molecule has 20 heavy (non-hydrogen) atoms. The Hall–Kier alpha value is -1.83. The maximum Gasteiger partial charge on any atom is 0.0568 e. The number of rotatable bonds is 2. The van der Waals surface area contributed by atoms with Crippen molar-refractivity contribution in [2.45, 2.75) is 39.7 Å². The third kappa shape index (κ3) is 2.43. The van der Waals surface area contributed by atoms with E-state index in [-0.39, 0.29) is 5.41 Å². The molecule has 0 amide bonds. The van der Waals surface area contributed by atoms with Crippen molar-refractivity contribution < 1.29 is 0 Å². The van der Waals surface area contributed by atoms with Crippen LogP contribution in [-0.2, 0) is 6.42 Å². The molecule has 1 aliphatic carbocycles. The highest BCUT2D eigenvalue weighted by molar-refractivity contribution is 5.48. The van der Waals surface area contributed by atoms with Crippen LogP contribution in [0.3, 0.4) is 0 Å². The van der Waals surface area contributed by atoms with E-state index in [9.17, 15) is 0 Å². The minimum atomic E-state index is 0.248. The average Bonchev–Trinajstić information content (AvgIpc) is 2.42. The van der Waals surface area contributed by atoms with E-state index in [2.05, 4.69) is 61.4 Å². The molecule has 1 aliphatic rings. The predicted octanol–water partition coefficient (Wildman–Crippen LogP) is 4.52. The topological polar surface area (TPSA) is 24.9 Å². The quantitative estimate of drug-likeness (QED) is 0.864. The molecule has 2 heteroatoms. The molecule has 0 saturated heterocycles. The zero-order chi connectivity index (χ0) is 14.2. The zero-order valence-electron chi connectivity index (χ0n) is 12.5. The van der Waals surface area contributed by atoms with Gasteiger partial charge in [0.15, 0.2) is 0 Å². The molecule has 0 bridgehead atoms. The van der Waals surface area contributed by atoms with Crippen LogP contribution in [-0.4, -0.2) is 4.98 Å². The van der Waals surface area contributed by atoms with E-state index in [0.717, 1.165) is 5.69 Å². The lowest BCUT2D eigenvalue weighted by molar-refractivity contribution is 0.265. The SMILES string of the molecule is Cc1cncc(NC2c3ccccc3CCC2(C)C)c1. The zero-order valence-corrected chi connectivity index (χ0v) is 12.5. The van der Waals surface area contributed by atoms with Gasteiger partial charge < -0.3 is 5.32 Å². The number of aryl methyl sites for hydroxylation is 2. The van der Waals surface area contributed by atoms with Crippen molar-refractivity contribution in [2.75, 3.05) is 5.32 Å². The van der Waals surface area contributed by atoms with E-state index < -0.39 is 0 Å². The maximum atomic E-state index is 4.29. The molecule has 3 rings (SSSR count). The molecule has 1 heterocycles. The summed E-state index contributed by atoms with van der Waals surface area (Å²) in [5, 5.41) is 3.71. The largest absolute Gasteiger partial charge is 0.376 e. The van der Waals surface area contributed by atoms with Crippen molar-refractivity contribution in [1.82, 2.24) is 4.98 Å². The van der Waals surface area contributed by atoms with Gasteiger partial charge in [-0.3, -0.25) is 4.98 Å². The van der Waals surface area contributed by atoms with Crippen LogP contribution in [0.5, 0.6) is 0 Å². The third-order valence-electron chi connectivity index (χ3n) is 4.37. The van der Waals surface area contributed by atoms with Crippen LogP contribution in [0, 0.1) is 12.3 Å². The molecule has 1 N–H and O–H groups in total. The summed E-state index contributed by atoms with van der Waals surface area (Å²) in [5.74, 6) is 0. The summed E-state index contributed by atoms with van der Waals surface area (Å²) in [4.78, 5) is 4.29. The van der Waals surface area contributed by atoms with Gasteiger partial charge in [-0.25, -0.2) is 0 Å². The van der Waals surface area contributed by atoms with Crippen LogP contribution in [0.1, 0.15) is 43.0 Å². The van der Waals surface area contributed by atoms with Gasteiger partial charge in [0.25, 0.3) is 0 Å². The van der Waals surface area contributed by atoms with Gasteiger partial charge in [-0.15, -0.1) is 0 Å². The fourth-order valence-electron chi connectivity index (χ4n) is 3.14. The number of hydrogen-bond donors (Lipinski definition) is 1. The first-order valence-electron chi connectivity index (χ1n) is 7.32. The highest BCUT2D eigenvalue weighted by Gasteiger charge is 2.35. The van der Waals surface area contributed by atoms with Crippen molar-refractivity contribution >= 4 is 5.69 Å². The summed E-state index contributed by atoms with van der Waals surface area (Å²) in [7, 11) is 0. The lowest BCUT2D eigenvalue weighted by atomic mass is 9.70. The first kappa shape index (κ1) is 13.2. The number of nitrogens with zero attached hydrogens (tertiary/aromatic N) is 1. The fourth-order valence-corrected chi connectivity index (χ4v) is 3.14. The number of nitrogens with one attached hydrogen (secondary N) is 1. The van der Waals surface area contributed by atoms with E-state index in [1.165, 1.54) is 29.5 Å². The molecule has 1 atom stereocenters. The standard InChI is InChI=1S/C18H22N2/c1-13-10-15(12-19-11-13)20-17-16-7-5-4-6-14(16)8-9-18(17,2)3/h4-7,10-12,17,20H,8-9H2,1-3H3. The number of anilines is 1. The Bertz CT molecular complexity index is 616. The van der Waals surface area contributed by atoms with Crippen LogP contribution in [0.15, 0.2) is 42.7 Å². The molecule has 1 aromatic carbocycles. The molecule has 0 aliphatic heterocycles. The van der Waals surface area contributed by atoms with Crippen molar-refractivity contribution in [3.05, 3.63) is 59.4 Å². The predicted molar refractivity (Wildman–Crippen MR) is 83.9 cm³/mol. The van der Waals surface area contributed by atoms with E-state index >= 15 is 0 Å². The molecule has 2 aromatic rings. The Kier molecular flexibility index (Phi) is 3.25. The van der Waals surface area contributed by atoms with Crippen molar-refractivity contribution in [2.24, 2.45) is 5.41 Å². The second kappa shape index (κ2) is 4.93. The summed E-state index contributed by atoms with van der Waals surface area (Å²) in [5.41, 5.74) is 5.46. The number of fused-ring (bicyclic) bond motifs is 1. The monoisotopic (exact) mass is 266 g/mol. The van der Waals surface area contributed by atoms with Gasteiger partial charge in [-0.1, -0.05) is 38.1 Å². The molecule has 2 nitrogen and oxygen atoms in total. The van der Waals surface area contributed by atoms with E-state index in [4.69, 9.17) is 0 Å². The highest BCUT2D eigenvalue weighted by Crippen LogP contribution is 2.45. The second-order valence-corrected chi connectivity index (χ2v) is 6.52. The van der Waals surface area contributed by atoms with Crippen molar-refractivity contribution in [3.8, 4) is 0 Å². The van der Waals surface area contributed by atoms with Gasteiger partial charge in [0, 0.05) is 12.4 Å². The van der Waals surface area contributed by atoms with Crippen LogP contribution in [0.25, 0.3) is 0 Å². The van der Waals surface area contributed by atoms with Crippen LogP contribution < -0.4 is 5.32 Å². The molecular formula is C18H22N2. The fraction of sp³-hybridized carbons (Fsp3) is 0.389. The summed E-state index contributed by atoms with van der Waals surface area (Å²) >= 11 is 0. The van der Waals surface area contributed by atoms with Gasteiger partial charge >= 0.3 is 0 Å². The number of aromatic nitrogens is 1. The Morgan fingerprint density at radius 3 is 2.80 bits per heavy atom. The minimum Gasteiger partial charge on any atom is -0.376 e. The van der Waals surface area contributed by atoms with Crippen molar-refractivity contribution in [1.29, 1.82) is 0 Å². The molecular weight excluding hydrogens is 244 g/mol. The summed E-state index contributed by atoms with van der Waals surface area (Å²) in [6.45, 7) is 6.78. The summed E-state index contributed by atoms with van der Waals surface area (Å²) < 4.78 is 0. The number of benzene rings is 1. The smallest absolute Gasteiger partial charge is 0.0568 e. The Labute approximate surface area is 121 Å². The summed E-state index contributed by atoms with van der Waals surface area (Å²) in [6, 6.07) is 11.3. The van der Waals surface area contributed by atoms with Crippen LogP contribution >= 0.6 is 0 Å². The first-order chi connectivity index (χ1) is 9.56. The molecule has 0 spiro atoms. The van der Waals surface area contributed by atoms with Gasteiger partial charge in [-0.2, -0.15) is 0 Å². The maximum absolute atomic E-state index is 4.29. The van der Waals surface area contributed by atoms with E-state index in [0.29, 0.717) is 6.04 Å². The van der Waals surface area contributed by atoms with Gasteiger partial charge in [-0.05, 0) is 47.9 Å². The number of pyridine rings is 1. The highest BCUT2D eigenvalue weighted by atomic mass is 15.0. The molecule has 104 valence electrons. The molecule has 1 unspecified atom stereocenters. The molecule has 1 aromatic heterocycles. The van der Waals surface area contributed by atoms with Crippen LogP contribution in [0.2, 0.25) is 0 Å².